The zero-order valence-corrected chi connectivity index (χ0v) is 21.0. The molecule has 0 atom stereocenters. The number of benzene rings is 2. The summed E-state index contributed by atoms with van der Waals surface area (Å²) in [5, 5.41) is 12.6. The number of hydrogen-bond donors (Lipinski definition) is 1. The quantitative estimate of drug-likeness (QED) is 0.403. The number of anilines is 1. The number of aromatic nitrogens is 3. The topological polar surface area (TPSA) is 71.0 Å². The van der Waals surface area contributed by atoms with E-state index < -0.39 is 0 Å². The summed E-state index contributed by atoms with van der Waals surface area (Å²) in [7, 11) is 0. The van der Waals surface area contributed by atoms with Gasteiger partial charge in [-0.1, -0.05) is 66.7 Å². The molecule has 2 aliphatic rings. The fraction of sp³-hybridized carbons (Fsp3) is 0.241. The van der Waals surface area contributed by atoms with Gasteiger partial charge < -0.3 is 10.2 Å². The average molecular weight is 494 g/mol. The van der Waals surface area contributed by atoms with Gasteiger partial charge in [0.25, 0.3) is 5.91 Å². The molecule has 1 saturated heterocycles. The predicted octanol–water partition coefficient (Wildman–Crippen LogP) is 5.40. The van der Waals surface area contributed by atoms with Crippen LogP contribution in [0.25, 0.3) is 16.6 Å². The highest BCUT2D eigenvalue weighted by atomic mass is 32.1. The van der Waals surface area contributed by atoms with Crippen LogP contribution in [0.3, 0.4) is 0 Å². The summed E-state index contributed by atoms with van der Waals surface area (Å²) >= 11 is 1.60. The van der Waals surface area contributed by atoms with Crippen molar-refractivity contribution in [3.63, 3.8) is 0 Å². The van der Waals surface area contributed by atoms with Crippen LogP contribution in [0.4, 0.5) is 5.82 Å². The Balaban J connectivity index is 1.07. The van der Waals surface area contributed by atoms with Gasteiger partial charge in [-0.25, -0.2) is 4.98 Å². The molecule has 1 amide bonds. The van der Waals surface area contributed by atoms with Gasteiger partial charge in [-0.3, -0.25) is 4.79 Å². The molecule has 180 valence electrons. The molecule has 6 nitrogen and oxygen atoms in total. The van der Waals surface area contributed by atoms with Crippen LogP contribution in [0, 0.1) is 6.92 Å². The molecule has 0 bridgehead atoms. The Morgan fingerprint density at radius 2 is 1.78 bits per heavy atom. The van der Waals surface area contributed by atoms with Crippen molar-refractivity contribution in [2.45, 2.75) is 31.7 Å². The second kappa shape index (κ2) is 9.32. The molecule has 6 rings (SSSR count). The number of carbonyl (C=O) groups is 1. The summed E-state index contributed by atoms with van der Waals surface area (Å²) in [6, 6.07) is 22.4. The molecule has 36 heavy (non-hydrogen) atoms. The van der Waals surface area contributed by atoms with Crippen LogP contribution in [-0.4, -0.2) is 34.2 Å². The highest BCUT2D eigenvalue weighted by Gasteiger charge is 2.38. The first kappa shape index (κ1) is 22.6. The lowest BCUT2D eigenvalue weighted by Gasteiger charge is -2.39. The zero-order chi connectivity index (χ0) is 24.5. The third-order valence-corrected chi connectivity index (χ3v) is 8.47. The molecule has 2 aromatic carbocycles. The van der Waals surface area contributed by atoms with Crippen LogP contribution in [0.1, 0.15) is 45.0 Å². The summed E-state index contributed by atoms with van der Waals surface area (Å²) < 4.78 is 0. The van der Waals surface area contributed by atoms with Gasteiger partial charge in [-0.15, -0.1) is 21.5 Å². The van der Waals surface area contributed by atoms with Gasteiger partial charge in [-0.2, -0.15) is 0 Å². The van der Waals surface area contributed by atoms with Crippen molar-refractivity contribution in [3.8, 4) is 10.6 Å². The summed E-state index contributed by atoms with van der Waals surface area (Å²) in [5.74, 6) is 0.593. The van der Waals surface area contributed by atoms with E-state index in [0.717, 1.165) is 52.9 Å². The highest BCUT2D eigenvalue weighted by molar-refractivity contribution is 7.15. The van der Waals surface area contributed by atoms with E-state index in [1.165, 1.54) is 11.1 Å². The SMILES string of the molecule is Cc1nc(-c2ccccc2)sc1CNC(=O)c1ccc(N2CCC3(C=Cc4ccccc43)CC2)nn1. The molecule has 7 heteroatoms. The summed E-state index contributed by atoms with van der Waals surface area (Å²) in [6.07, 6.45) is 6.73. The van der Waals surface area contributed by atoms with E-state index in [-0.39, 0.29) is 11.3 Å². The van der Waals surface area contributed by atoms with Crippen molar-refractivity contribution in [3.05, 3.63) is 100 Å². The van der Waals surface area contributed by atoms with Gasteiger partial charge >= 0.3 is 0 Å². The minimum atomic E-state index is -0.228. The van der Waals surface area contributed by atoms with Crippen molar-refractivity contribution in [2.75, 3.05) is 18.0 Å². The van der Waals surface area contributed by atoms with Crippen LogP contribution in [-0.2, 0) is 12.0 Å². The van der Waals surface area contributed by atoms with Crippen molar-refractivity contribution in [1.82, 2.24) is 20.5 Å². The maximum Gasteiger partial charge on any atom is 0.272 e. The molecular weight excluding hydrogens is 466 g/mol. The molecule has 1 N–H and O–H groups in total. The van der Waals surface area contributed by atoms with Crippen molar-refractivity contribution >= 4 is 29.1 Å². The van der Waals surface area contributed by atoms with Crippen LogP contribution in [0.2, 0.25) is 0 Å². The van der Waals surface area contributed by atoms with Crippen molar-refractivity contribution < 1.29 is 4.79 Å². The van der Waals surface area contributed by atoms with Crippen molar-refractivity contribution in [1.29, 1.82) is 0 Å². The maximum atomic E-state index is 12.7. The van der Waals surface area contributed by atoms with E-state index in [0.29, 0.717) is 12.2 Å². The number of piperidine rings is 1. The maximum absolute atomic E-state index is 12.7. The number of thiazole rings is 1. The standard InChI is InChI=1S/C29H27N5OS/c1-20-25(36-28(31-20)22-8-3-2-4-9-22)19-30-27(35)24-11-12-26(33-32-24)34-17-15-29(16-18-34)14-13-21-7-5-6-10-23(21)29/h2-14H,15-19H2,1H3,(H,30,35). The van der Waals surface area contributed by atoms with Crippen LogP contribution >= 0.6 is 11.3 Å². The molecule has 1 aliphatic carbocycles. The molecule has 4 aromatic rings. The fourth-order valence-electron chi connectivity index (χ4n) is 5.17. The Hall–Kier alpha value is -3.84. The largest absolute Gasteiger partial charge is 0.355 e. The van der Waals surface area contributed by atoms with E-state index in [4.69, 9.17) is 0 Å². The predicted molar refractivity (Wildman–Crippen MR) is 144 cm³/mol. The second-order valence-electron chi connectivity index (χ2n) is 9.42. The van der Waals surface area contributed by atoms with E-state index in [1.807, 2.05) is 43.3 Å². The Morgan fingerprint density at radius 3 is 2.56 bits per heavy atom. The number of rotatable bonds is 5. The Kier molecular flexibility index (Phi) is 5.85. The Labute approximate surface area is 214 Å². The normalized spacial score (nSPS) is 15.8. The molecular formula is C29H27N5OS. The van der Waals surface area contributed by atoms with Gasteiger partial charge in [0.15, 0.2) is 11.5 Å². The van der Waals surface area contributed by atoms with E-state index >= 15 is 0 Å². The first-order valence-electron chi connectivity index (χ1n) is 12.3. The van der Waals surface area contributed by atoms with Gasteiger partial charge in [0.05, 0.1) is 12.2 Å². The first-order chi connectivity index (χ1) is 17.6. The van der Waals surface area contributed by atoms with E-state index in [9.17, 15) is 4.79 Å². The minimum Gasteiger partial charge on any atom is -0.355 e. The lowest BCUT2D eigenvalue weighted by atomic mass is 9.74. The molecule has 0 saturated carbocycles. The van der Waals surface area contributed by atoms with Crippen LogP contribution in [0.5, 0.6) is 0 Å². The third kappa shape index (κ3) is 4.20. The third-order valence-electron chi connectivity index (χ3n) is 7.26. The molecule has 1 spiro atoms. The summed E-state index contributed by atoms with van der Waals surface area (Å²) in [5.41, 5.74) is 5.26. The van der Waals surface area contributed by atoms with Crippen LogP contribution < -0.4 is 10.2 Å². The number of fused-ring (bicyclic) bond motifs is 2. The summed E-state index contributed by atoms with van der Waals surface area (Å²) in [4.78, 5) is 20.7. The Bertz CT molecular complexity index is 1420. The molecule has 1 aliphatic heterocycles. The minimum absolute atomic E-state index is 0.134. The van der Waals surface area contributed by atoms with Crippen molar-refractivity contribution in [2.24, 2.45) is 0 Å². The second-order valence-corrected chi connectivity index (χ2v) is 10.5. The molecule has 0 radical (unpaired) electrons. The van der Waals surface area contributed by atoms with Gasteiger partial charge in [0.2, 0.25) is 0 Å². The van der Waals surface area contributed by atoms with Gasteiger partial charge in [0, 0.05) is 28.9 Å². The Morgan fingerprint density at radius 1 is 1.00 bits per heavy atom. The zero-order valence-electron chi connectivity index (χ0n) is 20.1. The summed E-state index contributed by atoms with van der Waals surface area (Å²) in [6.45, 7) is 4.21. The van der Waals surface area contributed by atoms with Gasteiger partial charge in [0.1, 0.15) is 5.01 Å². The monoisotopic (exact) mass is 493 g/mol. The molecule has 3 heterocycles. The molecule has 1 fully saturated rings. The lowest BCUT2D eigenvalue weighted by Crippen LogP contribution is -2.41. The molecule has 2 aromatic heterocycles. The fourth-order valence-corrected chi connectivity index (χ4v) is 6.18. The van der Waals surface area contributed by atoms with E-state index in [1.54, 1.807) is 17.4 Å². The number of aryl methyl sites for hydroxylation is 1. The smallest absolute Gasteiger partial charge is 0.272 e. The van der Waals surface area contributed by atoms with E-state index in [2.05, 4.69) is 61.8 Å². The number of nitrogens with zero attached hydrogens (tertiary/aromatic N) is 4. The molecule has 0 unspecified atom stereocenters. The lowest BCUT2D eigenvalue weighted by molar-refractivity contribution is 0.0945. The number of nitrogens with one attached hydrogen (secondary N) is 1. The number of hydrogen-bond acceptors (Lipinski definition) is 6. The number of allylic oxidation sites excluding steroid dienone is 1. The van der Waals surface area contributed by atoms with Gasteiger partial charge in [-0.05, 0) is 43.0 Å². The highest BCUT2D eigenvalue weighted by Crippen LogP contribution is 2.44. The first-order valence-corrected chi connectivity index (χ1v) is 13.1. The number of amides is 1. The number of carbonyl (C=O) groups excluding carboxylic acids is 1. The van der Waals surface area contributed by atoms with Crippen LogP contribution in [0.15, 0.2) is 72.8 Å². The average Bonchev–Trinajstić information content (AvgIpc) is 3.49.